The smallest absolute Gasteiger partial charge is 0.225 e. The molecule has 1 saturated heterocycles. The fourth-order valence-corrected chi connectivity index (χ4v) is 8.00. The van der Waals surface area contributed by atoms with Crippen LogP contribution in [0.2, 0.25) is 0 Å². The van der Waals surface area contributed by atoms with Gasteiger partial charge in [-0.3, -0.25) is 4.79 Å². The number of carbonyl (C=O) groups is 1. The summed E-state index contributed by atoms with van der Waals surface area (Å²) in [6.07, 6.45) is 5.04. The molecule has 2 aromatic heterocycles. The van der Waals surface area contributed by atoms with E-state index in [2.05, 4.69) is 38.6 Å². The highest BCUT2D eigenvalue weighted by molar-refractivity contribution is 7.91. The Morgan fingerprint density at radius 1 is 1.07 bits per heavy atom. The normalized spacial score (nSPS) is 23.2. The number of hydrogen-bond acceptors (Lipinski definition) is 9. The summed E-state index contributed by atoms with van der Waals surface area (Å²) in [5.74, 6) is -0.00448. The molecule has 2 atom stereocenters. The second-order valence-electron chi connectivity index (χ2n) is 11.2. The van der Waals surface area contributed by atoms with Crippen LogP contribution in [0.4, 0.5) is 5.69 Å². The maximum atomic E-state index is 13.5. The number of amides is 1. The first-order valence-electron chi connectivity index (χ1n) is 13.9. The Kier molecular flexibility index (Phi) is 7.09. The molecular weight excluding hydrogens is 544 g/mol. The summed E-state index contributed by atoms with van der Waals surface area (Å²) in [4.78, 5) is 21.7. The van der Waals surface area contributed by atoms with E-state index in [1.807, 2.05) is 31.2 Å². The average molecular weight is 577 g/mol. The van der Waals surface area contributed by atoms with Crippen molar-refractivity contribution in [3.8, 4) is 27.2 Å². The predicted molar refractivity (Wildman–Crippen MR) is 155 cm³/mol. The number of nitrogens with zero attached hydrogens (tertiary/aromatic N) is 5. The quantitative estimate of drug-likeness (QED) is 0.461. The van der Waals surface area contributed by atoms with E-state index in [9.17, 15) is 18.5 Å². The van der Waals surface area contributed by atoms with Crippen molar-refractivity contribution < 1.29 is 13.2 Å². The summed E-state index contributed by atoms with van der Waals surface area (Å²) in [6, 6.07) is 14.3. The number of thiazole rings is 1. The molecule has 208 valence electrons. The molecule has 1 aliphatic heterocycles. The molecule has 0 radical (unpaired) electrons. The third-order valence-electron chi connectivity index (χ3n) is 8.29. The third-order valence-corrected chi connectivity index (χ3v) is 11.0. The van der Waals surface area contributed by atoms with Crippen molar-refractivity contribution in [1.82, 2.24) is 20.5 Å². The molecule has 3 fully saturated rings. The van der Waals surface area contributed by atoms with E-state index >= 15 is 0 Å². The summed E-state index contributed by atoms with van der Waals surface area (Å²) in [6.45, 7) is 2.88. The second-order valence-corrected chi connectivity index (χ2v) is 14.5. The summed E-state index contributed by atoms with van der Waals surface area (Å²) >= 11 is 1.56. The van der Waals surface area contributed by atoms with Crippen LogP contribution in [0.15, 0.2) is 36.4 Å². The molecule has 1 amide bonds. The van der Waals surface area contributed by atoms with Crippen LogP contribution < -0.4 is 10.2 Å². The molecule has 3 aliphatic rings. The van der Waals surface area contributed by atoms with E-state index in [-0.39, 0.29) is 29.2 Å². The minimum atomic E-state index is -2.95. The number of hydrogen-bond donors (Lipinski definition) is 1. The van der Waals surface area contributed by atoms with Gasteiger partial charge in [-0.25, -0.2) is 13.4 Å². The van der Waals surface area contributed by atoms with Gasteiger partial charge >= 0.3 is 0 Å². The van der Waals surface area contributed by atoms with E-state index in [0.717, 1.165) is 58.2 Å². The van der Waals surface area contributed by atoms with Crippen molar-refractivity contribution in [1.29, 1.82) is 5.26 Å². The van der Waals surface area contributed by atoms with Gasteiger partial charge in [-0.15, -0.1) is 16.4 Å². The second kappa shape index (κ2) is 10.6. The molecule has 0 bridgehead atoms. The highest BCUT2D eigenvalue weighted by atomic mass is 32.2. The number of nitriles is 1. The monoisotopic (exact) mass is 576 g/mol. The lowest BCUT2D eigenvalue weighted by atomic mass is 9.76. The largest absolute Gasteiger partial charge is 0.369 e. The van der Waals surface area contributed by atoms with Crippen molar-refractivity contribution >= 4 is 32.8 Å². The Morgan fingerprint density at radius 2 is 1.80 bits per heavy atom. The van der Waals surface area contributed by atoms with Gasteiger partial charge in [0.1, 0.15) is 16.2 Å². The van der Waals surface area contributed by atoms with Gasteiger partial charge in [-0.05, 0) is 62.4 Å². The summed E-state index contributed by atoms with van der Waals surface area (Å²) < 4.78 is 23.8. The predicted octanol–water partition coefficient (Wildman–Crippen LogP) is 4.26. The Morgan fingerprint density at radius 3 is 2.45 bits per heavy atom. The number of carbonyl (C=O) groups excluding carboxylic acids is 1. The number of nitrogens with one attached hydrogen (secondary N) is 1. The fraction of sp³-hybridized carbons (Fsp3) is 0.483. The molecule has 2 saturated carbocycles. The topological polar surface area (TPSA) is 129 Å². The van der Waals surface area contributed by atoms with Gasteiger partial charge in [-0.1, -0.05) is 25.0 Å². The molecule has 3 heterocycles. The maximum absolute atomic E-state index is 13.5. The SMILES string of the molecule is Cc1ccc(-c2nc(C3CCCCC3C(=O)NC3(C#N)CC3)c(-c3ccc(N4CCS(=O)(=O)CC4)cc3)s2)nn1. The van der Waals surface area contributed by atoms with Crippen LogP contribution in [-0.4, -0.2) is 59.6 Å². The lowest BCUT2D eigenvalue weighted by Crippen LogP contribution is -2.42. The van der Waals surface area contributed by atoms with Crippen molar-refractivity contribution in [3.63, 3.8) is 0 Å². The Bertz CT molecular complexity index is 1540. The minimum Gasteiger partial charge on any atom is -0.369 e. The van der Waals surface area contributed by atoms with Crippen LogP contribution in [0, 0.1) is 24.2 Å². The molecule has 2 aliphatic carbocycles. The maximum Gasteiger partial charge on any atom is 0.225 e. The van der Waals surface area contributed by atoms with Gasteiger partial charge in [0.05, 0.1) is 33.8 Å². The van der Waals surface area contributed by atoms with Crippen molar-refractivity contribution in [2.24, 2.45) is 5.92 Å². The van der Waals surface area contributed by atoms with Crippen molar-refractivity contribution in [2.45, 2.75) is 56.9 Å². The lowest BCUT2D eigenvalue weighted by Gasteiger charge is -2.31. The fourth-order valence-electron chi connectivity index (χ4n) is 5.70. The van der Waals surface area contributed by atoms with Crippen LogP contribution in [0.5, 0.6) is 0 Å². The van der Waals surface area contributed by atoms with Crippen molar-refractivity contribution in [2.75, 3.05) is 29.5 Å². The number of anilines is 1. The minimum absolute atomic E-state index is 0.0465. The van der Waals surface area contributed by atoms with Gasteiger partial charge in [0, 0.05) is 30.6 Å². The molecule has 40 heavy (non-hydrogen) atoms. The molecule has 3 aromatic rings. The molecule has 2 unspecified atom stereocenters. The Labute approximate surface area is 238 Å². The molecule has 1 N–H and O–H groups in total. The first-order valence-corrected chi connectivity index (χ1v) is 16.5. The zero-order valence-electron chi connectivity index (χ0n) is 22.5. The zero-order valence-corrected chi connectivity index (χ0v) is 24.1. The zero-order chi connectivity index (χ0) is 27.9. The van der Waals surface area contributed by atoms with Crippen LogP contribution in [-0.2, 0) is 14.6 Å². The molecule has 0 spiro atoms. The highest BCUT2D eigenvalue weighted by Gasteiger charge is 2.47. The molecule has 1 aromatic carbocycles. The molecule has 6 rings (SSSR count). The van der Waals surface area contributed by atoms with Gasteiger partial charge in [0.15, 0.2) is 9.84 Å². The molecular formula is C29H32N6O3S2. The number of aromatic nitrogens is 3. The van der Waals surface area contributed by atoms with Crippen LogP contribution in [0.3, 0.4) is 0 Å². The van der Waals surface area contributed by atoms with Gasteiger partial charge in [-0.2, -0.15) is 10.4 Å². The molecule has 11 heteroatoms. The van der Waals surface area contributed by atoms with Crippen molar-refractivity contribution in [3.05, 3.63) is 47.8 Å². The summed E-state index contributed by atoms with van der Waals surface area (Å²) in [5, 5.41) is 22.0. The lowest BCUT2D eigenvalue weighted by molar-refractivity contribution is -0.127. The Hall–Kier alpha value is -3.36. The Balaban J connectivity index is 1.35. The standard InChI is InChI=1S/C29H32N6O3S2/c1-19-6-11-24(34-33-19)28-31-25(22-4-2-3-5-23(22)27(36)32-29(18-30)12-13-29)26(39-28)20-7-9-21(10-8-20)35-14-16-40(37,38)17-15-35/h6-11,22-23H,2-5,12-17H2,1H3,(H,32,36). The number of sulfone groups is 1. The summed E-state index contributed by atoms with van der Waals surface area (Å²) in [7, 11) is -2.95. The van der Waals surface area contributed by atoms with Crippen LogP contribution in [0.1, 0.15) is 55.8 Å². The molecule has 9 nitrogen and oxygen atoms in total. The highest BCUT2D eigenvalue weighted by Crippen LogP contribution is 2.46. The first kappa shape index (κ1) is 26.8. The van der Waals surface area contributed by atoms with E-state index in [4.69, 9.17) is 4.98 Å². The van der Waals surface area contributed by atoms with Crippen LogP contribution in [0.25, 0.3) is 21.1 Å². The summed E-state index contributed by atoms with van der Waals surface area (Å²) in [5.41, 5.74) is 3.74. The number of aryl methyl sites for hydroxylation is 1. The van der Waals surface area contributed by atoms with Gasteiger partial charge in [0.2, 0.25) is 5.91 Å². The third kappa shape index (κ3) is 5.47. The van der Waals surface area contributed by atoms with Crippen LogP contribution >= 0.6 is 11.3 Å². The van der Waals surface area contributed by atoms with E-state index in [1.165, 1.54) is 0 Å². The van der Waals surface area contributed by atoms with E-state index in [1.54, 1.807) is 11.3 Å². The van der Waals surface area contributed by atoms with Gasteiger partial charge < -0.3 is 10.2 Å². The van der Waals surface area contributed by atoms with Gasteiger partial charge in [0.25, 0.3) is 0 Å². The first-order chi connectivity index (χ1) is 19.3. The van der Waals surface area contributed by atoms with E-state index < -0.39 is 15.4 Å². The average Bonchev–Trinajstić information content (AvgIpc) is 3.60. The number of rotatable bonds is 6. The number of benzene rings is 1. The van der Waals surface area contributed by atoms with E-state index in [0.29, 0.717) is 31.6 Å².